The second kappa shape index (κ2) is 8.30. The normalized spacial score (nSPS) is 15.7. The fourth-order valence-corrected chi connectivity index (χ4v) is 2.86. The summed E-state index contributed by atoms with van der Waals surface area (Å²) in [7, 11) is -1.40. The fraction of sp³-hybridized carbons (Fsp3) is 0.818. The average Bonchev–Trinajstić information content (AvgIpc) is 2.36. The van der Waals surface area contributed by atoms with Gasteiger partial charge in [-0.1, -0.05) is 13.3 Å². The summed E-state index contributed by atoms with van der Waals surface area (Å²) in [5, 5.41) is 4.98. The number of ether oxygens (including phenoxy) is 1. The van der Waals surface area contributed by atoms with Gasteiger partial charge in [0.1, 0.15) is 6.04 Å². The van der Waals surface area contributed by atoms with E-state index in [-0.39, 0.29) is 6.04 Å². The summed E-state index contributed by atoms with van der Waals surface area (Å²) in [6, 6.07) is -1.01. The van der Waals surface area contributed by atoms with Crippen molar-refractivity contribution in [3.05, 3.63) is 0 Å². The predicted octanol–water partition coefficient (Wildman–Crippen LogP) is 1.88. The van der Waals surface area contributed by atoms with Crippen molar-refractivity contribution in [1.82, 2.24) is 10.4 Å². The Kier molecular flexibility index (Phi) is 7.90. The number of rotatable bonds is 8. The number of amides is 1. The van der Waals surface area contributed by atoms with Crippen LogP contribution in [0, 0.1) is 0 Å². The maximum absolute atomic E-state index is 12.4. The van der Waals surface area contributed by atoms with Crippen molar-refractivity contribution in [1.29, 1.82) is 0 Å². The van der Waals surface area contributed by atoms with Crippen LogP contribution in [0.2, 0.25) is 0 Å². The quantitative estimate of drug-likeness (QED) is 0.524. The van der Waals surface area contributed by atoms with E-state index < -0.39 is 25.2 Å². The number of hydrogen-bond acceptors (Lipinski definition) is 5. The number of carbonyl (C=O) groups excluding carboxylic acids is 2. The van der Waals surface area contributed by atoms with E-state index in [2.05, 4.69) is 15.1 Å². The monoisotopic (exact) mass is 294 g/mol. The van der Waals surface area contributed by atoms with Crippen molar-refractivity contribution in [2.24, 2.45) is 0 Å². The maximum atomic E-state index is 12.4. The van der Waals surface area contributed by atoms with Crippen LogP contribution in [0.1, 0.15) is 33.6 Å². The first-order valence-electron chi connectivity index (χ1n) is 6.13. The Labute approximate surface area is 113 Å². The molecule has 0 aromatic carbocycles. The Balaban J connectivity index is 4.96. The lowest BCUT2D eigenvalue weighted by Gasteiger charge is -2.22. The largest absolute Gasteiger partial charge is 0.468 e. The summed E-state index contributed by atoms with van der Waals surface area (Å²) < 4.78 is 21.8. The summed E-state index contributed by atoms with van der Waals surface area (Å²) in [5.41, 5.74) is -0.755. The standard InChI is InChI=1S/C11H23N2O5P/c1-6-7-9(10(14)17-4)13-19(16,18-5)11(15)12-8(2)3/h8-9H,6-7H2,1-5H3,(H,12,15)(H,13,16)/t9-,19-/m0/s1. The Morgan fingerprint density at radius 3 is 2.21 bits per heavy atom. The first-order chi connectivity index (χ1) is 8.80. The van der Waals surface area contributed by atoms with Crippen LogP contribution in [-0.4, -0.2) is 37.9 Å². The first-order valence-corrected chi connectivity index (χ1v) is 7.75. The molecule has 0 fully saturated rings. The summed E-state index contributed by atoms with van der Waals surface area (Å²) in [5.74, 6) is -0.573. The lowest BCUT2D eigenvalue weighted by atomic mass is 10.2. The van der Waals surface area contributed by atoms with Gasteiger partial charge in [-0.05, 0) is 20.3 Å². The smallest absolute Gasteiger partial charge is 0.356 e. The van der Waals surface area contributed by atoms with Gasteiger partial charge in [-0.3, -0.25) is 14.2 Å². The van der Waals surface area contributed by atoms with Crippen LogP contribution < -0.4 is 10.4 Å². The fourth-order valence-electron chi connectivity index (χ4n) is 1.40. The maximum Gasteiger partial charge on any atom is 0.356 e. The SMILES string of the molecule is CCC[C@H](N[P@@](=O)(OC)C(=O)NC(C)C)C(=O)OC. The van der Waals surface area contributed by atoms with Crippen LogP contribution in [0.5, 0.6) is 0 Å². The van der Waals surface area contributed by atoms with E-state index in [1.54, 1.807) is 13.8 Å². The van der Waals surface area contributed by atoms with Crippen molar-refractivity contribution >= 4 is 19.1 Å². The van der Waals surface area contributed by atoms with Gasteiger partial charge in [0.15, 0.2) is 0 Å². The molecule has 0 bridgehead atoms. The van der Waals surface area contributed by atoms with Gasteiger partial charge in [0.25, 0.3) is 0 Å². The van der Waals surface area contributed by atoms with E-state index in [4.69, 9.17) is 4.52 Å². The van der Waals surface area contributed by atoms with Crippen LogP contribution >= 0.6 is 7.52 Å². The minimum absolute atomic E-state index is 0.180. The van der Waals surface area contributed by atoms with Crippen LogP contribution in [0.4, 0.5) is 4.79 Å². The molecule has 2 atom stereocenters. The van der Waals surface area contributed by atoms with Crippen LogP contribution in [-0.2, 0) is 18.6 Å². The minimum atomic E-state index is -3.80. The molecule has 0 saturated heterocycles. The Hall–Kier alpha value is -0.910. The molecule has 0 aromatic heterocycles. The van der Waals surface area contributed by atoms with Gasteiger partial charge >= 0.3 is 19.1 Å². The highest BCUT2D eigenvalue weighted by molar-refractivity contribution is 7.74. The summed E-state index contributed by atoms with van der Waals surface area (Å²) >= 11 is 0. The zero-order chi connectivity index (χ0) is 15.1. The summed E-state index contributed by atoms with van der Waals surface area (Å²) in [4.78, 5) is 23.4. The lowest BCUT2D eigenvalue weighted by molar-refractivity contribution is -0.142. The molecule has 0 spiro atoms. The molecule has 19 heavy (non-hydrogen) atoms. The zero-order valence-electron chi connectivity index (χ0n) is 12.1. The second-order valence-corrected chi connectivity index (χ2v) is 6.46. The van der Waals surface area contributed by atoms with E-state index in [0.29, 0.717) is 12.8 Å². The van der Waals surface area contributed by atoms with E-state index in [1.807, 2.05) is 6.92 Å². The molecule has 8 heteroatoms. The highest BCUT2D eigenvalue weighted by atomic mass is 31.2. The Morgan fingerprint density at radius 2 is 1.84 bits per heavy atom. The molecule has 0 aliphatic carbocycles. The zero-order valence-corrected chi connectivity index (χ0v) is 13.0. The van der Waals surface area contributed by atoms with Gasteiger partial charge in [-0.2, -0.15) is 0 Å². The van der Waals surface area contributed by atoms with Gasteiger partial charge in [0, 0.05) is 13.2 Å². The molecule has 0 radical (unpaired) electrons. The molecular weight excluding hydrogens is 271 g/mol. The Bertz CT molecular complexity index is 359. The number of nitrogens with one attached hydrogen (secondary N) is 2. The van der Waals surface area contributed by atoms with Crippen LogP contribution in [0.15, 0.2) is 0 Å². The highest BCUT2D eigenvalue weighted by Crippen LogP contribution is 2.43. The molecule has 0 aromatic rings. The molecule has 112 valence electrons. The number of methoxy groups -OCH3 is 1. The summed E-state index contributed by atoms with van der Waals surface area (Å²) in [6.45, 7) is 5.34. The molecule has 7 nitrogen and oxygen atoms in total. The van der Waals surface area contributed by atoms with E-state index >= 15 is 0 Å². The molecule has 0 heterocycles. The molecular formula is C11H23N2O5P. The van der Waals surface area contributed by atoms with E-state index in [1.165, 1.54) is 7.11 Å². The lowest BCUT2D eigenvalue weighted by Crippen LogP contribution is -2.40. The van der Waals surface area contributed by atoms with Crippen molar-refractivity contribution in [2.75, 3.05) is 14.2 Å². The van der Waals surface area contributed by atoms with Gasteiger partial charge in [-0.15, -0.1) is 0 Å². The summed E-state index contributed by atoms with van der Waals surface area (Å²) in [6.07, 6.45) is 1.07. The van der Waals surface area contributed by atoms with Crippen molar-refractivity contribution in [2.45, 2.75) is 45.7 Å². The molecule has 0 aliphatic heterocycles. The predicted molar refractivity (Wildman–Crippen MR) is 72.1 cm³/mol. The Morgan fingerprint density at radius 1 is 1.26 bits per heavy atom. The third-order valence-corrected chi connectivity index (χ3v) is 4.16. The third kappa shape index (κ3) is 5.72. The second-order valence-electron chi connectivity index (χ2n) is 4.33. The first kappa shape index (κ1) is 18.1. The molecule has 0 aliphatic rings. The third-order valence-electron chi connectivity index (χ3n) is 2.33. The highest BCUT2D eigenvalue weighted by Gasteiger charge is 2.37. The number of carbonyl (C=O) groups is 2. The van der Waals surface area contributed by atoms with Crippen molar-refractivity contribution in [3.8, 4) is 0 Å². The van der Waals surface area contributed by atoms with Gasteiger partial charge in [-0.25, -0.2) is 5.09 Å². The molecule has 2 N–H and O–H groups in total. The molecule has 0 rings (SSSR count). The van der Waals surface area contributed by atoms with Gasteiger partial charge in [0.05, 0.1) is 7.11 Å². The topological polar surface area (TPSA) is 93.7 Å². The van der Waals surface area contributed by atoms with E-state index in [9.17, 15) is 14.2 Å². The minimum Gasteiger partial charge on any atom is -0.468 e. The average molecular weight is 294 g/mol. The molecule has 0 unspecified atom stereocenters. The molecule has 0 saturated carbocycles. The van der Waals surface area contributed by atoms with Crippen molar-refractivity contribution < 1.29 is 23.4 Å². The van der Waals surface area contributed by atoms with Gasteiger partial charge < -0.3 is 14.6 Å². The number of hydrogen-bond donors (Lipinski definition) is 2. The molecule has 1 amide bonds. The van der Waals surface area contributed by atoms with Gasteiger partial charge in [0.2, 0.25) is 0 Å². The van der Waals surface area contributed by atoms with Crippen LogP contribution in [0.3, 0.4) is 0 Å². The van der Waals surface area contributed by atoms with E-state index in [0.717, 1.165) is 7.11 Å². The van der Waals surface area contributed by atoms with Crippen molar-refractivity contribution in [3.63, 3.8) is 0 Å². The van der Waals surface area contributed by atoms with Crippen LogP contribution in [0.25, 0.3) is 0 Å². The number of esters is 1.